The van der Waals surface area contributed by atoms with Crippen LogP contribution in [0.2, 0.25) is 0 Å². The van der Waals surface area contributed by atoms with Crippen LogP contribution in [-0.2, 0) is 22.6 Å². The number of hydrogen-bond acceptors (Lipinski definition) is 8. The van der Waals surface area contributed by atoms with Crippen LogP contribution in [0.15, 0.2) is 64.2 Å². The summed E-state index contributed by atoms with van der Waals surface area (Å²) in [6.07, 6.45) is 2.57. The number of Topliss-reactive ketones (excluding diaryl/α,β-unsaturated/α-hetero) is 1. The first-order valence-electron chi connectivity index (χ1n) is 11.1. The van der Waals surface area contributed by atoms with Gasteiger partial charge in [0.2, 0.25) is 5.78 Å². The molecule has 10 heteroatoms. The fourth-order valence-electron chi connectivity index (χ4n) is 3.56. The number of hydrogen-bond donors (Lipinski definition) is 1. The summed E-state index contributed by atoms with van der Waals surface area (Å²) in [6, 6.07) is 14.1. The van der Waals surface area contributed by atoms with Gasteiger partial charge in [0.15, 0.2) is 6.61 Å². The van der Waals surface area contributed by atoms with E-state index in [2.05, 4.69) is 0 Å². The minimum absolute atomic E-state index is 0.0396. The average molecular weight is 494 g/mol. The van der Waals surface area contributed by atoms with Crippen LogP contribution in [0, 0.1) is 0 Å². The van der Waals surface area contributed by atoms with Crippen LogP contribution in [-0.4, -0.2) is 41.7 Å². The first-order chi connectivity index (χ1) is 17.3. The molecule has 0 saturated carbocycles. The van der Waals surface area contributed by atoms with Gasteiger partial charge in [0.05, 0.1) is 20.8 Å². The first-order valence-corrected chi connectivity index (χ1v) is 11.1. The van der Waals surface area contributed by atoms with Crippen molar-refractivity contribution in [1.82, 2.24) is 9.13 Å². The molecular weight excluding hydrogens is 466 g/mol. The maximum Gasteiger partial charge on any atom is 0.332 e. The second-order valence-corrected chi connectivity index (χ2v) is 7.64. The molecule has 0 bridgehead atoms. The predicted octanol–water partition coefficient (Wildman–Crippen LogP) is 2.12. The minimum Gasteiger partial charge on any atom is -0.497 e. The van der Waals surface area contributed by atoms with Crippen molar-refractivity contribution in [2.24, 2.45) is 0 Å². The van der Waals surface area contributed by atoms with Gasteiger partial charge in [-0.15, -0.1) is 0 Å². The zero-order valence-electron chi connectivity index (χ0n) is 20.2. The largest absolute Gasteiger partial charge is 0.497 e. The SMILES string of the molecule is CCn1c(=O)c(C(=O)COC(=O)C=Cc2cc(OC)ccc2OC)c(N)n(Cc2ccccc2)c1=O. The Morgan fingerprint density at radius 2 is 1.72 bits per heavy atom. The van der Waals surface area contributed by atoms with Gasteiger partial charge < -0.3 is 19.9 Å². The Hall–Kier alpha value is -4.60. The maximum atomic E-state index is 12.9. The number of esters is 1. The molecule has 1 heterocycles. The molecule has 3 aromatic rings. The molecule has 0 saturated heterocycles. The number of nitrogens with zero attached hydrogens (tertiary/aromatic N) is 2. The number of ether oxygens (including phenoxy) is 3. The summed E-state index contributed by atoms with van der Waals surface area (Å²) in [4.78, 5) is 50.8. The number of nitrogen functional groups attached to an aromatic ring is 1. The van der Waals surface area contributed by atoms with Gasteiger partial charge in [0.1, 0.15) is 22.9 Å². The number of carbonyl (C=O) groups excluding carboxylic acids is 2. The van der Waals surface area contributed by atoms with Crippen molar-refractivity contribution < 1.29 is 23.8 Å². The van der Waals surface area contributed by atoms with Gasteiger partial charge in [-0.2, -0.15) is 0 Å². The molecule has 0 aliphatic rings. The molecule has 0 fully saturated rings. The third kappa shape index (κ3) is 5.72. The van der Waals surface area contributed by atoms with Gasteiger partial charge in [-0.25, -0.2) is 9.59 Å². The van der Waals surface area contributed by atoms with E-state index in [1.54, 1.807) is 49.4 Å². The maximum absolute atomic E-state index is 12.9. The lowest BCUT2D eigenvalue weighted by molar-refractivity contribution is -0.136. The average Bonchev–Trinajstić information content (AvgIpc) is 2.89. The minimum atomic E-state index is -0.831. The highest BCUT2D eigenvalue weighted by Crippen LogP contribution is 2.25. The molecule has 36 heavy (non-hydrogen) atoms. The highest BCUT2D eigenvalue weighted by atomic mass is 16.5. The van der Waals surface area contributed by atoms with E-state index in [0.717, 1.165) is 20.8 Å². The summed E-state index contributed by atoms with van der Waals surface area (Å²) in [5, 5.41) is 0. The lowest BCUT2D eigenvalue weighted by Gasteiger charge is -2.15. The molecule has 0 spiro atoms. The number of nitrogens with two attached hydrogens (primary N) is 1. The normalized spacial score (nSPS) is 10.9. The Labute approximate surface area is 207 Å². The number of ketones is 1. The second kappa shape index (κ2) is 11.7. The highest BCUT2D eigenvalue weighted by Gasteiger charge is 2.23. The van der Waals surface area contributed by atoms with Crippen molar-refractivity contribution in [3.05, 3.63) is 92.1 Å². The topological polar surface area (TPSA) is 132 Å². The van der Waals surface area contributed by atoms with Crippen LogP contribution in [0.4, 0.5) is 5.82 Å². The van der Waals surface area contributed by atoms with Gasteiger partial charge in [-0.1, -0.05) is 30.3 Å². The van der Waals surface area contributed by atoms with Crippen molar-refractivity contribution >= 4 is 23.6 Å². The lowest BCUT2D eigenvalue weighted by atomic mass is 10.1. The van der Waals surface area contributed by atoms with Crippen LogP contribution in [0.25, 0.3) is 6.08 Å². The summed E-state index contributed by atoms with van der Waals surface area (Å²) in [6.45, 7) is 0.984. The predicted molar refractivity (Wildman–Crippen MR) is 134 cm³/mol. The molecule has 0 aliphatic carbocycles. The Morgan fingerprint density at radius 3 is 2.36 bits per heavy atom. The summed E-state index contributed by atoms with van der Waals surface area (Å²) in [5.41, 5.74) is 5.56. The van der Waals surface area contributed by atoms with Crippen LogP contribution in [0.1, 0.15) is 28.4 Å². The van der Waals surface area contributed by atoms with E-state index in [0.29, 0.717) is 17.1 Å². The van der Waals surface area contributed by atoms with E-state index in [9.17, 15) is 19.2 Å². The number of anilines is 1. The summed E-state index contributed by atoms with van der Waals surface area (Å²) >= 11 is 0. The molecule has 188 valence electrons. The molecule has 2 aromatic carbocycles. The quantitative estimate of drug-likeness (QED) is 0.258. The Morgan fingerprint density at radius 1 is 1.00 bits per heavy atom. The van der Waals surface area contributed by atoms with Crippen LogP contribution in [0.5, 0.6) is 11.5 Å². The van der Waals surface area contributed by atoms with E-state index in [4.69, 9.17) is 19.9 Å². The van der Waals surface area contributed by atoms with Gasteiger partial charge in [-0.3, -0.25) is 18.7 Å². The van der Waals surface area contributed by atoms with Crippen LogP contribution >= 0.6 is 0 Å². The Kier molecular flexibility index (Phi) is 8.45. The number of carbonyl (C=O) groups is 2. The van der Waals surface area contributed by atoms with Gasteiger partial charge in [0, 0.05) is 18.2 Å². The number of benzene rings is 2. The second-order valence-electron chi connectivity index (χ2n) is 7.64. The first kappa shape index (κ1) is 26.0. The van der Waals surface area contributed by atoms with Gasteiger partial charge in [-0.05, 0) is 36.8 Å². The molecule has 2 N–H and O–H groups in total. The van der Waals surface area contributed by atoms with E-state index in [1.165, 1.54) is 20.3 Å². The van der Waals surface area contributed by atoms with E-state index >= 15 is 0 Å². The molecule has 1 aromatic heterocycles. The van der Waals surface area contributed by atoms with Crippen molar-refractivity contribution in [2.75, 3.05) is 26.6 Å². The Bertz CT molecular complexity index is 1410. The number of aromatic nitrogens is 2. The summed E-state index contributed by atoms with van der Waals surface area (Å²) < 4.78 is 17.5. The zero-order chi connectivity index (χ0) is 26.2. The zero-order valence-corrected chi connectivity index (χ0v) is 20.2. The third-order valence-corrected chi connectivity index (χ3v) is 5.43. The van der Waals surface area contributed by atoms with Crippen LogP contribution in [0.3, 0.4) is 0 Å². The van der Waals surface area contributed by atoms with Crippen molar-refractivity contribution in [3.63, 3.8) is 0 Å². The van der Waals surface area contributed by atoms with Crippen molar-refractivity contribution in [2.45, 2.75) is 20.0 Å². The highest BCUT2D eigenvalue weighted by molar-refractivity contribution is 6.02. The number of methoxy groups -OCH3 is 2. The fourth-order valence-corrected chi connectivity index (χ4v) is 3.56. The molecule has 0 unspecified atom stereocenters. The van der Waals surface area contributed by atoms with Crippen LogP contribution < -0.4 is 26.5 Å². The monoisotopic (exact) mass is 493 g/mol. The van der Waals surface area contributed by atoms with E-state index in [-0.39, 0.29) is 18.9 Å². The third-order valence-electron chi connectivity index (χ3n) is 5.43. The molecule has 0 aliphatic heterocycles. The lowest BCUT2D eigenvalue weighted by Crippen LogP contribution is -2.44. The summed E-state index contributed by atoms with van der Waals surface area (Å²) in [7, 11) is 3.00. The fraction of sp³-hybridized carbons (Fsp3) is 0.231. The Balaban J connectivity index is 1.82. The van der Waals surface area contributed by atoms with E-state index < -0.39 is 35.2 Å². The standard InChI is InChI=1S/C26H27N3O7/c1-4-28-25(32)23(24(27)29(26(28)33)15-17-8-6-5-7-9-17)20(30)16-36-22(31)13-10-18-14-19(34-2)11-12-21(18)35-3/h5-14H,4,15-16,27H2,1-3H3. The molecule has 0 atom stereocenters. The van der Waals surface area contributed by atoms with Gasteiger partial charge >= 0.3 is 11.7 Å². The van der Waals surface area contributed by atoms with Crippen molar-refractivity contribution in [3.8, 4) is 11.5 Å². The molecular formula is C26H27N3O7. The summed E-state index contributed by atoms with van der Waals surface area (Å²) in [5.74, 6) is -0.851. The molecule has 0 amide bonds. The van der Waals surface area contributed by atoms with E-state index in [1.807, 2.05) is 6.07 Å². The van der Waals surface area contributed by atoms with Gasteiger partial charge in [0.25, 0.3) is 5.56 Å². The molecule has 0 radical (unpaired) electrons. The molecule has 3 rings (SSSR count). The number of rotatable bonds is 10. The smallest absolute Gasteiger partial charge is 0.332 e. The van der Waals surface area contributed by atoms with Crippen molar-refractivity contribution in [1.29, 1.82) is 0 Å². The molecule has 10 nitrogen and oxygen atoms in total.